The van der Waals surface area contributed by atoms with Crippen LogP contribution < -0.4 is 0 Å². The number of H-pyrrole nitrogens is 1. The van der Waals surface area contributed by atoms with Gasteiger partial charge in [-0.05, 0) is 13.3 Å². The van der Waals surface area contributed by atoms with Crippen molar-refractivity contribution in [3.8, 4) is 0 Å². The summed E-state index contributed by atoms with van der Waals surface area (Å²) >= 11 is 0. The Morgan fingerprint density at radius 3 is 3.00 bits per heavy atom. The average Bonchev–Trinajstić information content (AvgIpc) is 3.05. The van der Waals surface area contributed by atoms with Crippen LogP contribution in [0.4, 0.5) is 0 Å². The lowest BCUT2D eigenvalue weighted by molar-refractivity contribution is 0.0661. The summed E-state index contributed by atoms with van der Waals surface area (Å²) in [4.78, 5) is 31.2. The molecular weight excluding hydrogens is 250 g/mol. The third-order valence-electron chi connectivity index (χ3n) is 3.23. The maximum atomic E-state index is 12.3. The van der Waals surface area contributed by atoms with E-state index in [0.717, 1.165) is 13.0 Å². The summed E-state index contributed by atoms with van der Waals surface area (Å²) in [5, 5.41) is 8.98. The molecule has 0 saturated carbocycles. The molecule has 104 valence electrons. The van der Waals surface area contributed by atoms with Crippen molar-refractivity contribution in [3.63, 3.8) is 0 Å². The summed E-state index contributed by atoms with van der Waals surface area (Å²) in [5.41, 5.74) is -0.195. The normalized spacial score (nSPS) is 18.5. The maximum absolute atomic E-state index is 12.3. The van der Waals surface area contributed by atoms with Gasteiger partial charge in [0, 0.05) is 25.6 Å². The zero-order valence-electron chi connectivity index (χ0n) is 10.8. The molecule has 0 spiro atoms. The van der Waals surface area contributed by atoms with Crippen LogP contribution in [0.2, 0.25) is 0 Å². The van der Waals surface area contributed by atoms with Crippen molar-refractivity contribution in [3.05, 3.63) is 17.7 Å². The minimum Gasteiger partial charge on any atom is -0.477 e. The van der Waals surface area contributed by atoms with Crippen LogP contribution in [0, 0.1) is 5.92 Å². The molecular formula is C12H17N3O4. The van der Waals surface area contributed by atoms with Crippen LogP contribution in [0.25, 0.3) is 0 Å². The molecule has 1 atom stereocenters. The van der Waals surface area contributed by atoms with E-state index in [1.54, 1.807) is 4.90 Å². The van der Waals surface area contributed by atoms with Gasteiger partial charge in [-0.15, -0.1) is 0 Å². The number of ether oxygens (including phenoxy) is 1. The highest BCUT2D eigenvalue weighted by Gasteiger charge is 2.26. The molecule has 7 heteroatoms. The molecule has 2 heterocycles. The van der Waals surface area contributed by atoms with E-state index in [1.165, 1.54) is 6.33 Å². The molecule has 1 unspecified atom stereocenters. The highest BCUT2D eigenvalue weighted by Crippen LogP contribution is 2.16. The fraction of sp³-hybridized carbons (Fsp3) is 0.583. The van der Waals surface area contributed by atoms with Gasteiger partial charge >= 0.3 is 5.97 Å². The number of carbonyl (C=O) groups is 2. The van der Waals surface area contributed by atoms with E-state index >= 15 is 0 Å². The summed E-state index contributed by atoms with van der Waals surface area (Å²) in [7, 11) is 0. The number of nitrogens with one attached hydrogen (secondary N) is 1. The molecule has 0 aromatic carbocycles. The quantitative estimate of drug-likeness (QED) is 0.814. The molecule has 0 aliphatic carbocycles. The number of nitrogens with zero attached hydrogens (tertiary/aromatic N) is 2. The van der Waals surface area contributed by atoms with Crippen molar-refractivity contribution < 1.29 is 19.4 Å². The number of amides is 1. The molecule has 2 rings (SSSR count). The molecule has 1 aliphatic heterocycles. The Labute approximate surface area is 110 Å². The van der Waals surface area contributed by atoms with Crippen LogP contribution in [0.1, 0.15) is 34.3 Å². The van der Waals surface area contributed by atoms with Gasteiger partial charge in [-0.25, -0.2) is 9.78 Å². The molecule has 0 radical (unpaired) electrons. The summed E-state index contributed by atoms with van der Waals surface area (Å²) in [6.45, 7) is 4.32. The average molecular weight is 267 g/mol. The van der Waals surface area contributed by atoms with Crippen molar-refractivity contribution in [1.29, 1.82) is 0 Å². The fourth-order valence-electron chi connectivity index (χ4n) is 2.16. The van der Waals surface area contributed by atoms with Crippen molar-refractivity contribution >= 4 is 11.9 Å². The van der Waals surface area contributed by atoms with Crippen LogP contribution in [-0.2, 0) is 4.74 Å². The van der Waals surface area contributed by atoms with E-state index in [4.69, 9.17) is 9.84 Å². The minimum absolute atomic E-state index is 0.0340. The van der Waals surface area contributed by atoms with Gasteiger partial charge in [0.15, 0.2) is 11.4 Å². The summed E-state index contributed by atoms with van der Waals surface area (Å²) in [6, 6.07) is 0. The van der Waals surface area contributed by atoms with E-state index in [9.17, 15) is 9.59 Å². The number of carbonyl (C=O) groups excluding carboxylic acids is 1. The van der Waals surface area contributed by atoms with Gasteiger partial charge in [0.25, 0.3) is 5.91 Å². The zero-order chi connectivity index (χ0) is 13.8. The van der Waals surface area contributed by atoms with Crippen LogP contribution in [0.5, 0.6) is 0 Å². The Kier molecular flexibility index (Phi) is 4.16. The zero-order valence-corrected chi connectivity index (χ0v) is 10.8. The molecule has 2 N–H and O–H groups in total. The fourth-order valence-corrected chi connectivity index (χ4v) is 2.16. The number of aromatic carboxylic acids is 1. The second-order valence-corrected chi connectivity index (χ2v) is 4.50. The number of aromatic nitrogens is 2. The number of carboxylic acid groups (broad SMARTS) is 1. The molecule has 1 aromatic heterocycles. The van der Waals surface area contributed by atoms with E-state index in [1.807, 2.05) is 6.92 Å². The van der Waals surface area contributed by atoms with Gasteiger partial charge in [0.2, 0.25) is 0 Å². The Bertz CT molecular complexity index is 465. The molecule has 1 aliphatic rings. The molecule has 1 fully saturated rings. The molecule has 1 amide bonds. The monoisotopic (exact) mass is 267 g/mol. The predicted octanol–water partition coefficient (Wildman–Crippen LogP) is 0.606. The second-order valence-electron chi connectivity index (χ2n) is 4.50. The van der Waals surface area contributed by atoms with Crippen molar-refractivity contribution in [2.45, 2.75) is 13.3 Å². The van der Waals surface area contributed by atoms with Gasteiger partial charge in [0.05, 0.1) is 12.9 Å². The first kappa shape index (κ1) is 13.5. The van der Waals surface area contributed by atoms with E-state index < -0.39 is 5.97 Å². The number of hydrogen-bond donors (Lipinski definition) is 2. The smallest absolute Gasteiger partial charge is 0.354 e. The number of aromatic amines is 1. The van der Waals surface area contributed by atoms with Crippen LogP contribution in [0.3, 0.4) is 0 Å². The number of rotatable bonds is 5. The van der Waals surface area contributed by atoms with Gasteiger partial charge in [-0.1, -0.05) is 0 Å². The van der Waals surface area contributed by atoms with Crippen molar-refractivity contribution in [2.24, 2.45) is 5.92 Å². The Balaban J connectivity index is 2.11. The van der Waals surface area contributed by atoms with E-state index in [-0.39, 0.29) is 17.3 Å². The molecule has 1 saturated heterocycles. The van der Waals surface area contributed by atoms with Crippen LogP contribution >= 0.6 is 0 Å². The number of imidazole rings is 1. The predicted molar refractivity (Wildman–Crippen MR) is 66.1 cm³/mol. The van der Waals surface area contributed by atoms with E-state index in [2.05, 4.69) is 9.97 Å². The lowest BCUT2D eigenvalue weighted by Gasteiger charge is -2.23. The molecule has 0 bridgehead atoms. The first-order valence-electron chi connectivity index (χ1n) is 6.27. The third-order valence-corrected chi connectivity index (χ3v) is 3.23. The molecule has 1 aromatic rings. The molecule has 7 nitrogen and oxygen atoms in total. The summed E-state index contributed by atoms with van der Waals surface area (Å²) < 4.78 is 5.28. The standard InChI is InChI=1S/C12H17N3O4/c1-2-15(5-8-3-4-19-6-8)11(16)9-10(12(17)18)14-7-13-9/h7-8H,2-6H2,1H3,(H,13,14)(H,17,18). The second kappa shape index (κ2) is 5.83. The Morgan fingerprint density at radius 2 is 2.42 bits per heavy atom. The first-order chi connectivity index (χ1) is 9.13. The lowest BCUT2D eigenvalue weighted by atomic mass is 10.1. The number of hydrogen-bond acceptors (Lipinski definition) is 4. The van der Waals surface area contributed by atoms with Gasteiger partial charge in [-0.3, -0.25) is 4.79 Å². The SMILES string of the molecule is CCN(CC1CCOC1)C(=O)c1nc[nH]c1C(=O)O. The highest BCUT2D eigenvalue weighted by atomic mass is 16.5. The first-order valence-corrected chi connectivity index (χ1v) is 6.27. The highest BCUT2D eigenvalue weighted by molar-refractivity contribution is 6.02. The molecule has 19 heavy (non-hydrogen) atoms. The van der Waals surface area contributed by atoms with Crippen molar-refractivity contribution in [1.82, 2.24) is 14.9 Å². The number of carboxylic acids is 1. The van der Waals surface area contributed by atoms with Gasteiger partial charge in [-0.2, -0.15) is 0 Å². The van der Waals surface area contributed by atoms with Crippen molar-refractivity contribution in [2.75, 3.05) is 26.3 Å². The lowest BCUT2D eigenvalue weighted by Crippen LogP contribution is -2.36. The minimum atomic E-state index is -1.18. The largest absolute Gasteiger partial charge is 0.477 e. The topological polar surface area (TPSA) is 95.5 Å². The van der Waals surface area contributed by atoms with Crippen LogP contribution in [-0.4, -0.2) is 58.2 Å². The van der Waals surface area contributed by atoms with Crippen LogP contribution in [0.15, 0.2) is 6.33 Å². The third kappa shape index (κ3) is 2.93. The van der Waals surface area contributed by atoms with Gasteiger partial charge < -0.3 is 19.7 Å². The van der Waals surface area contributed by atoms with Gasteiger partial charge in [0.1, 0.15) is 0 Å². The summed E-state index contributed by atoms with van der Waals surface area (Å²) in [5.74, 6) is -1.22. The summed E-state index contributed by atoms with van der Waals surface area (Å²) in [6.07, 6.45) is 2.15. The maximum Gasteiger partial charge on any atom is 0.354 e. The Morgan fingerprint density at radius 1 is 1.63 bits per heavy atom. The van der Waals surface area contributed by atoms with E-state index in [0.29, 0.717) is 25.6 Å². The Hall–Kier alpha value is -1.89.